The molecule has 2 aromatic carbocycles. The predicted octanol–water partition coefficient (Wildman–Crippen LogP) is 4.09. The number of aromatic nitrogens is 2. The normalized spacial score (nSPS) is 11.0. The summed E-state index contributed by atoms with van der Waals surface area (Å²) < 4.78 is 21.2. The highest BCUT2D eigenvalue weighted by atomic mass is 32.1. The lowest BCUT2D eigenvalue weighted by Gasteiger charge is -2.09. The van der Waals surface area contributed by atoms with Crippen molar-refractivity contribution in [1.82, 2.24) is 9.55 Å². The number of hydrogen-bond donors (Lipinski definition) is 1. The number of para-hydroxylation sites is 1. The van der Waals surface area contributed by atoms with E-state index in [4.69, 9.17) is 17.0 Å². The van der Waals surface area contributed by atoms with Crippen LogP contribution in [0.25, 0.3) is 11.0 Å². The standard InChI is InChI=1S/C16H15FN2OS/c1-20-15-5-3-2-4-11(15)8-9-19-14-7-6-12(17)10-13(14)18-16(19)21/h2-7,10H,8-9H2,1H3,(H,18,21). The number of nitrogens with one attached hydrogen (secondary N) is 1. The lowest BCUT2D eigenvalue weighted by molar-refractivity contribution is 0.408. The van der Waals surface area contributed by atoms with Gasteiger partial charge < -0.3 is 14.3 Å². The first-order valence-corrected chi connectivity index (χ1v) is 7.10. The van der Waals surface area contributed by atoms with E-state index in [1.165, 1.54) is 12.1 Å². The molecule has 3 rings (SSSR count). The monoisotopic (exact) mass is 302 g/mol. The van der Waals surface area contributed by atoms with Crippen LogP contribution in [0.1, 0.15) is 5.56 Å². The molecule has 5 heteroatoms. The van der Waals surface area contributed by atoms with Gasteiger partial charge in [-0.2, -0.15) is 0 Å². The number of H-pyrrole nitrogens is 1. The minimum atomic E-state index is -0.268. The Labute approximate surface area is 127 Å². The van der Waals surface area contributed by atoms with Gasteiger partial charge in [-0.1, -0.05) is 18.2 Å². The number of imidazole rings is 1. The molecule has 0 amide bonds. The molecule has 0 saturated carbocycles. The van der Waals surface area contributed by atoms with Crippen LogP contribution in [0.4, 0.5) is 4.39 Å². The molecule has 3 nitrogen and oxygen atoms in total. The van der Waals surface area contributed by atoms with E-state index in [-0.39, 0.29) is 5.82 Å². The lowest BCUT2D eigenvalue weighted by atomic mass is 10.1. The van der Waals surface area contributed by atoms with Gasteiger partial charge in [0.25, 0.3) is 0 Å². The van der Waals surface area contributed by atoms with Gasteiger partial charge in [0.2, 0.25) is 0 Å². The van der Waals surface area contributed by atoms with Crippen LogP contribution in [-0.2, 0) is 13.0 Å². The number of rotatable bonds is 4. The van der Waals surface area contributed by atoms with Crippen LogP contribution in [-0.4, -0.2) is 16.7 Å². The van der Waals surface area contributed by atoms with E-state index in [2.05, 4.69) is 4.98 Å². The maximum absolute atomic E-state index is 13.2. The molecule has 3 aromatic rings. The summed E-state index contributed by atoms with van der Waals surface area (Å²) in [6, 6.07) is 12.6. The summed E-state index contributed by atoms with van der Waals surface area (Å²) in [5.41, 5.74) is 2.76. The molecule has 108 valence electrons. The topological polar surface area (TPSA) is 29.9 Å². The highest BCUT2D eigenvalue weighted by molar-refractivity contribution is 7.71. The van der Waals surface area contributed by atoms with Crippen LogP contribution < -0.4 is 4.74 Å². The average molecular weight is 302 g/mol. The van der Waals surface area contributed by atoms with Crippen LogP contribution in [0.5, 0.6) is 5.75 Å². The van der Waals surface area contributed by atoms with E-state index >= 15 is 0 Å². The van der Waals surface area contributed by atoms with Gasteiger partial charge in [-0.15, -0.1) is 0 Å². The number of halogens is 1. The van der Waals surface area contributed by atoms with Gasteiger partial charge in [0.05, 0.1) is 18.1 Å². The molecular weight excluding hydrogens is 287 g/mol. The minimum absolute atomic E-state index is 0.268. The van der Waals surface area contributed by atoms with Crippen molar-refractivity contribution in [3.63, 3.8) is 0 Å². The summed E-state index contributed by atoms with van der Waals surface area (Å²) in [4.78, 5) is 3.04. The van der Waals surface area contributed by atoms with Gasteiger partial charge >= 0.3 is 0 Å². The molecule has 0 aliphatic heterocycles. The van der Waals surface area contributed by atoms with Crippen molar-refractivity contribution in [2.75, 3.05) is 7.11 Å². The van der Waals surface area contributed by atoms with Crippen molar-refractivity contribution in [3.8, 4) is 5.75 Å². The Morgan fingerprint density at radius 3 is 2.86 bits per heavy atom. The highest BCUT2D eigenvalue weighted by Gasteiger charge is 2.07. The number of ether oxygens (including phenoxy) is 1. The smallest absolute Gasteiger partial charge is 0.178 e. The zero-order chi connectivity index (χ0) is 14.8. The molecule has 0 spiro atoms. The van der Waals surface area contributed by atoms with Gasteiger partial charge in [-0.3, -0.25) is 0 Å². The van der Waals surface area contributed by atoms with E-state index in [1.54, 1.807) is 13.2 Å². The molecule has 21 heavy (non-hydrogen) atoms. The highest BCUT2D eigenvalue weighted by Crippen LogP contribution is 2.20. The lowest BCUT2D eigenvalue weighted by Crippen LogP contribution is -2.02. The number of nitrogens with zero attached hydrogens (tertiary/aromatic N) is 1. The fourth-order valence-electron chi connectivity index (χ4n) is 2.50. The van der Waals surface area contributed by atoms with Crippen molar-refractivity contribution in [2.45, 2.75) is 13.0 Å². The molecule has 0 saturated heterocycles. The fourth-order valence-corrected chi connectivity index (χ4v) is 2.80. The van der Waals surface area contributed by atoms with Gasteiger partial charge in [0.1, 0.15) is 11.6 Å². The maximum atomic E-state index is 13.2. The molecule has 0 atom stereocenters. The zero-order valence-electron chi connectivity index (χ0n) is 11.6. The Kier molecular flexibility index (Phi) is 3.75. The van der Waals surface area contributed by atoms with Crippen LogP contribution in [0.3, 0.4) is 0 Å². The zero-order valence-corrected chi connectivity index (χ0v) is 12.4. The Hall–Kier alpha value is -2.14. The molecular formula is C16H15FN2OS. The molecule has 0 fully saturated rings. The number of aryl methyl sites for hydroxylation is 2. The van der Waals surface area contributed by atoms with Crippen molar-refractivity contribution >= 4 is 23.3 Å². The molecule has 1 heterocycles. The summed E-state index contributed by atoms with van der Waals surface area (Å²) in [6.07, 6.45) is 0.794. The second-order valence-corrected chi connectivity index (χ2v) is 5.19. The van der Waals surface area contributed by atoms with Crippen LogP contribution >= 0.6 is 12.2 Å². The molecule has 1 N–H and O–H groups in total. The summed E-state index contributed by atoms with van der Waals surface area (Å²) in [5.74, 6) is 0.602. The van der Waals surface area contributed by atoms with Crippen molar-refractivity contribution in [2.24, 2.45) is 0 Å². The number of benzene rings is 2. The average Bonchev–Trinajstić information content (AvgIpc) is 2.80. The summed E-state index contributed by atoms with van der Waals surface area (Å²) in [6.45, 7) is 0.713. The third kappa shape index (κ3) is 2.69. The third-order valence-electron chi connectivity index (χ3n) is 3.53. The second-order valence-electron chi connectivity index (χ2n) is 4.81. The van der Waals surface area contributed by atoms with E-state index in [1.807, 2.05) is 28.8 Å². The number of fused-ring (bicyclic) bond motifs is 1. The molecule has 0 bridgehead atoms. The summed E-state index contributed by atoms with van der Waals surface area (Å²) in [7, 11) is 1.67. The summed E-state index contributed by atoms with van der Waals surface area (Å²) in [5, 5.41) is 0. The molecule has 0 radical (unpaired) electrons. The van der Waals surface area contributed by atoms with E-state index in [9.17, 15) is 4.39 Å². The number of methoxy groups -OCH3 is 1. The van der Waals surface area contributed by atoms with Gasteiger partial charge in [0, 0.05) is 6.54 Å². The Bertz CT molecular complexity index is 838. The predicted molar refractivity (Wildman–Crippen MR) is 83.8 cm³/mol. The first-order chi connectivity index (χ1) is 10.2. The van der Waals surface area contributed by atoms with Gasteiger partial charge in [-0.25, -0.2) is 4.39 Å². The Balaban J connectivity index is 1.92. The molecule has 0 aliphatic carbocycles. The SMILES string of the molecule is COc1ccccc1CCn1c(=S)[nH]c2cc(F)ccc21. The van der Waals surface area contributed by atoms with Crippen molar-refractivity contribution < 1.29 is 9.13 Å². The van der Waals surface area contributed by atoms with Crippen molar-refractivity contribution in [3.05, 3.63) is 58.6 Å². The van der Waals surface area contributed by atoms with Crippen LogP contribution in [0, 0.1) is 10.6 Å². The van der Waals surface area contributed by atoms with Crippen molar-refractivity contribution in [1.29, 1.82) is 0 Å². The number of hydrogen-bond acceptors (Lipinski definition) is 2. The van der Waals surface area contributed by atoms with E-state index in [0.717, 1.165) is 28.8 Å². The second kappa shape index (κ2) is 5.69. The minimum Gasteiger partial charge on any atom is -0.496 e. The third-order valence-corrected chi connectivity index (χ3v) is 3.86. The van der Waals surface area contributed by atoms with Gasteiger partial charge in [-0.05, 0) is 48.5 Å². The maximum Gasteiger partial charge on any atom is 0.178 e. The first kappa shape index (κ1) is 13.8. The Morgan fingerprint density at radius 2 is 2.05 bits per heavy atom. The molecule has 1 aromatic heterocycles. The van der Waals surface area contributed by atoms with Crippen LogP contribution in [0.2, 0.25) is 0 Å². The van der Waals surface area contributed by atoms with E-state index in [0.29, 0.717) is 11.3 Å². The molecule has 0 unspecified atom stereocenters. The number of aromatic amines is 1. The van der Waals surface area contributed by atoms with Gasteiger partial charge in [0.15, 0.2) is 4.77 Å². The Morgan fingerprint density at radius 1 is 1.24 bits per heavy atom. The fraction of sp³-hybridized carbons (Fsp3) is 0.188. The largest absolute Gasteiger partial charge is 0.496 e. The quantitative estimate of drug-likeness (QED) is 0.736. The molecule has 0 aliphatic rings. The summed E-state index contributed by atoms with van der Waals surface area (Å²) >= 11 is 5.33. The van der Waals surface area contributed by atoms with Crippen LogP contribution in [0.15, 0.2) is 42.5 Å². The first-order valence-electron chi connectivity index (χ1n) is 6.69. The van der Waals surface area contributed by atoms with E-state index < -0.39 is 0 Å².